The maximum absolute atomic E-state index is 10.6. The number of anilines is 2. The number of aromatic amines is 1. The molecule has 78 valence electrons. The molecular weight excluding hydrogens is 200 g/mol. The summed E-state index contributed by atoms with van der Waals surface area (Å²) in [5, 5.41) is 23.2. The second-order valence-electron chi connectivity index (χ2n) is 2.92. The van der Waals surface area contributed by atoms with Gasteiger partial charge in [-0.1, -0.05) is 5.10 Å². The molecule has 0 radical (unpaired) electrons. The Labute approximate surface area is 84.1 Å². The Bertz CT molecular complexity index is 487. The molecule has 15 heavy (non-hydrogen) atoms. The molecule has 0 aliphatic rings. The fourth-order valence-corrected chi connectivity index (χ4v) is 1.15. The van der Waals surface area contributed by atoms with Crippen molar-refractivity contribution in [1.82, 2.24) is 20.0 Å². The average Bonchev–Trinajstić information content (AvgIpc) is 2.75. The van der Waals surface area contributed by atoms with E-state index in [1.807, 2.05) is 0 Å². The summed E-state index contributed by atoms with van der Waals surface area (Å²) in [5.74, 6) is -0.168. The normalized spacial score (nSPS) is 10.2. The van der Waals surface area contributed by atoms with Crippen LogP contribution in [0.15, 0.2) is 18.6 Å². The van der Waals surface area contributed by atoms with E-state index in [0.29, 0.717) is 11.4 Å². The molecular formula is C7H8N6O2. The van der Waals surface area contributed by atoms with Crippen molar-refractivity contribution < 1.29 is 4.92 Å². The van der Waals surface area contributed by atoms with Crippen molar-refractivity contribution in [2.24, 2.45) is 7.05 Å². The Morgan fingerprint density at radius 2 is 2.40 bits per heavy atom. The van der Waals surface area contributed by atoms with E-state index in [2.05, 4.69) is 20.6 Å². The molecule has 0 fully saturated rings. The molecule has 8 nitrogen and oxygen atoms in total. The smallest absolute Gasteiger partial charge is 0.358 e. The molecule has 2 heterocycles. The molecule has 2 aromatic heterocycles. The number of hydrogen-bond donors (Lipinski definition) is 2. The van der Waals surface area contributed by atoms with Crippen LogP contribution in [-0.2, 0) is 7.05 Å². The van der Waals surface area contributed by atoms with Crippen LogP contribution < -0.4 is 5.32 Å². The van der Waals surface area contributed by atoms with Crippen molar-refractivity contribution in [2.45, 2.75) is 0 Å². The predicted molar refractivity (Wildman–Crippen MR) is 51.7 cm³/mol. The lowest BCUT2D eigenvalue weighted by Gasteiger charge is -1.98. The molecule has 2 rings (SSSR count). The van der Waals surface area contributed by atoms with Crippen LogP contribution in [0.3, 0.4) is 0 Å². The summed E-state index contributed by atoms with van der Waals surface area (Å²) in [7, 11) is 1.76. The van der Waals surface area contributed by atoms with Crippen LogP contribution >= 0.6 is 0 Å². The van der Waals surface area contributed by atoms with Gasteiger partial charge in [0.15, 0.2) is 5.69 Å². The molecule has 8 heteroatoms. The van der Waals surface area contributed by atoms with Gasteiger partial charge >= 0.3 is 5.82 Å². The van der Waals surface area contributed by atoms with Crippen LogP contribution in [0.5, 0.6) is 0 Å². The third-order valence-electron chi connectivity index (χ3n) is 1.79. The Hall–Kier alpha value is -2.38. The van der Waals surface area contributed by atoms with Crippen molar-refractivity contribution in [3.63, 3.8) is 0 Å². The van der Waals surface area contributed by atoms with Crippen molar-refractivity contribution >= 4 is 17.2 Å². The van der Waals surface area contributed by atoms with Crippen LogP contribution in [0.2, 0.25) is 0 Å². The first-order chi connectivity index (χ1) is 7.16. The fourth-order valence-electron chi connectivity index (χ4n) is 1.15. The van der Waals surface area contributed by atoms with Gasteiger partial charge in [-0.25, -0.2) is 0 Å². The van der Waals surface area contributed by atoms with Crippen molar-refractivity contribution in [3.05, 3.63) is 28.7 Å². The Morgan fingerprint density at radius 1 is 1.60 bits per heavy atom. The third kappa shape index (κ3) is 1.77. The highest BCUT2D eigenvalue weighted by molar-refractivity contribution is 5.64. The number of nitro groups is 1. The molecule has 0 saturated carbocycles. The van der Waals surface area contributed by atoms with Crippen molar-refractivity contribution in [3.8, 4) is 0 Å². The maximum atomic E-state index is 10.6. The van der Waals surface area contributed by atoms with Gasteiger partial charge in [0, 0.05) is 13.2 Å². The van der Waals surface area contributed by atoms with Gasteiger partial charge in [0.2, 0.25) is 0 Å². The highest BCUT2D eigenvalue weighted by Crippen LogP contribution is 2.23. The van der Waals surface area contributed by atoms with Crippen LogP contribution in [0.4, 0.5) is 17.2 Å². The lowest BCUT2D eigenvalue weighted by atomic mass is 10.4. The van der Waals surface area contributed by atoms with Gasteiger partial charge in [-0.05, 0) is 4.92 Å². The lowest BCUT2D eigenvalue weighted by molar-refractivity contribution is -0.388. The van der Waals surface area contributed by atoms with Crippen LogP contribution in [0.25, 0.3) is 0 Å². The summed E-state index contributed by atoms with van der Waals surface area (Å²) < 4.78 is 1.59. The minimum atomic E-state index is -0.536. The van der Waals surface area contributed by atoms with E-state index in [9.17, 15) is 10.1 Å². The first-order valence-electron chi connectivity index (χ1n) is 4.10. The number of nitrogens with zero attached hydrogens (tertiary/aromatic N) is 4. The van der Waals surface area contributed by atoms with E-state index in [1.165, 1.54) is 6.20 Å². The maximum Gasteiger partial charge on any atom is 0.366 e. The minimum Gasteiger partial charge on any atom is -0.358 e. The second kappa shape index (κ2) is 3.40. The standard InChI is InChI=1S/C7H8N6O2/c1-12-4-5(2-9-12)10-6-3-8-11-7(6)13(14)15/h2-4,10H,1H3,(H,8,11). The molecule has 0 aliphatic heterocycles. The van der Waals surface area contributed by atoms with Gasteiger partial charge in [-0.3, -0.25) is 4.68 Å². The van der Waals surface area contributed by atoms with E-state index in [-0.39, 0.29) is 5.82 Å². The van der Waals surface area contributed by atoms with Crippen LogP contribution in [0, 0.1) is 10.1 Å². The predicted octanol–water partition coefficient (Wildman–Crippen LogP) is 0.795. The molecule has 0 spiro atoms. The molecule has 0 amide bonds. The van der Waals surface area contributed by atoms with Crippen LogP contribution in [0.1, 0.15) is 0 Å². The molecule has 0 saturated heterocycles. The molecule has 2 aromatic rings. The summed E-state index contributed by atoms with van der Waals surface area (Å²) >= 11 is 0. The van der Waals surface area contributed by atoms with Crippen molar-refractivity contribution in [2.75, 3.05) is 5.32 Å². The van der Waals surface area contributed by atoms with Gasteiger partial charge in [0.1, 0.15) is 6.20 Å². The van der Waals surface area contributed by atoms with E-state index in [1.54, 1.807) is 24.1 Å². The van der Waals surface area contributed by atoms with E-state index in [0.717, 1.165) is 0 Å². The monoisotopic (exact) mass is 208 g/mol. The topological polar surface area (TPSA) is 102 Å². The SMILES string of the molecule is Cn1cc(Nc2cn[nH]c2[N+](=O)[O-])cn1. The van der Waals surface area contributed by atoms with Gasteiger partial charge in [0.05, 0.1) is 11.9 Å². The number of aromatic nitrogens is 4. The zero-order valence-corrected chi connectivity index (χ0v) is 7.84. The number of H-pyrrole nitrogens is 1. The fraction of sp³-hybridized carbons (Fsp3) is 0.143. The number of rotatable bonds is 3. The van der Waals surface area contributed by atoms with Gasteiger partial charge in [-0.15, -0.1) is 5.10 Å². The largest absolute Gasteiger partial charge is 0.366 e. The summed E-state index contributed by atoms with van der Waals surface area (Å²) in [6.45, 7) is 0. The highest BCUT2D eigenvalue weighted by Gasteiger charge is 2.14. The van der Waals surface area contributed by atoms with Gasteiger partial charge in [0.25, 0.3) is 0 Å². The Kier molecular flexibility index (Phi) is 2.08. The Balaban J connectivity index is 2.24. The number of hydrogen-bond acceptors (Lipinski definition) is 5. The quantitative estimate of drug-likeness (QED) is 0.573. The molecule has 0 bridgehead atoms. The zero-order chi connectivity index (χ0) is 10.8. The number of aryl methyl sites for hydroxylation is 1. The number of nitrogens with one attached hydrogen (secondary N) is 2. The third-order valence-corrected chi connectivity index (χ3v) is 1.79. The van der Waals surface area contributed by atoms with Gasteiger partial charge < -0.3 is 15.4 Å². The highest BCUT2D eigenvalue weighted by atomic mass is 16.6. The molecule has 0 aliphatic carbocycles. The van der Waals surface area contributed by atoms with E-state index >= 15 is 0 Å². The first kappa shape index (κ1) is 9.19. The second-order valence-corrected chi connectivity index (χ2v) is 2.92. The zero-order valence-electron chi connectivity index (χ0n) is 7.84. The molecule has 0 unspecified atom stereocenters. The van der Waals surface area contributed by atoms with E-state index < -0.39 is 4.92 Å². The first-order valence-corrected chi connectivity index (χ1v) is 4.10. The summed E-state index contributed by atoms with van der Waals surface area (Å²) in [4.78, 5) is 10.0. The van der Waals surface area contributed by atoms with Crippen LogP contribution in [-0.4, -0.2) is 24.9 Å². The summed E-state index contributed by atoms with van der Waals surface area (Å²) in [6.07, 6.45) is 4.62. The Morgan fingerprint density at radius 3 is 3.00 bits per heavy atom. The minimum absolute atomic E-state index is 0.168. The van der Waals surface area contributed by atoms with Gasteiger partial charge in [-0.2, -0.15) is 5.10 Å². The molecule has 0 aromatic carbocycles. The van der Waals surface area contributed by atoms with Crippen molar-refractivity contribution in [1.29, 1.82) is 0 Å². The summed E-state index contributed by atoms with van der Waals surface area (Å²) in [5.41, 5.74) is 0.981. The van der Waals surface area contributed by atoms with E-state index in [4.69, 9.17) is 0 Å². The average molecular weight is 208 g/mol. The molecule has 2 N–H and O–H groups in total. The molecule has 0 atom stereocenters. The lowest BCUT2D eigenvalue weighted by Crippen LogP contribution is -1.94. The summed E-state index contributed by atoms with van der Waals surface area (Å²) in [6, 6.07) is 0.